The molecule has 0 heterocycles. The number of methoxy groups -OCH3 is 3. The predicted octanol–water partition coefficient (Wildman–Crippen LogP) is 1.66. The molecular formula is C14H16O7. The summed E-state index contributed by atoms with van der Waals surface area (Å²) >= 11 is 0. The van der Waals surface area contributed by atoms with Gasteiger partial charge < -0.3 is 24.4 Å². The molecule has 0 aliphatic carbocycles. The second-order valence-corrected chi connectivity index (χ2v) is 3.99. The molecule has 0 aromatic heterocycles. The molecule has 0 fully saturated rings. The third-order valence-electron chi connectivity index (χ3n) is 2.68. The number of benzene rings is 1. The quantitative estimate of drug-likeness (QED) is 0.737. The Morgan fingerprint density at radius 2 is 1.52 bits per heavy atom. The van der Waals surface area contributed by atoms with Gasteiger partial charge in [0.15, 0.2) is 11.5 Å². The van der Waals surface area contributed by atoms with Crippen LogP contribution in [0.25, 0.3) is 6.08 Å². The highest BCUT2D eigenvalue weighted by molar-refractivity contribution is 5.97. The molecule has 21 heavy (non-hydrogen) atoms. The Morgan fingerprint density at radius 3 is 1.95 bits per heavy atom. The van der Waals surface area contributed by atoms with Crippen molar-refractivity contribution < 1.29 is 34.0 Å². The number of ether oxygens (including phenoxy) is 3. The van der Waals surface area contributed by atoms with E-state index in [1.54, 1.807) is 0 Å². The van der Waals surface area contributed by atoms with Crippen LogP contribution in [0.15, 0.2) is 17.7 Å². The van der Waals surface area contributed by atoms with Crippen molar-refractivity contribution >= 4 is 18.0 Å². The molecule has 1 aromatic rings. The summed E-state index contributed by atoms with van der Waals surface area (Å²) in [5, 5.41) is 17.8. The topological polar surface area (TPSA) is 102 Å². The monoisotopic (exact) mass is 296 g/mol. The predicted molar refractivity (Wildman–Crippen MR) is 74.0 cm³/mol. The van der Waals surface area contributed by atoms with E-state index < -0.39 is 18.4 Å². The fourth-order valence-electron chi connectivity index (χ4n) is 1.70. The maximum atomic E-state index is 11.1. The van der Waals surface area contributed by atoms with E-state index in [2.05, 4.69) is 0 Å². The second kappa shape index (κ2) is 7.18. The Kier molecular flexibility index (Phi) is 5.59. The van der Waals surface area contributed by atoms with Crippen molar-refractivity contribution in [2.45, 2.75) is 6.42 Å². The van der Waals surface area contributed by atoms with Crippen molar-refractivity contribution in [2.75, 3.05) is 21.3 Å². The van der Waals surface area contributed by atoms with E-state index in [9.17, 15) is 9.59 Å². The molecule has 1 rings (SSSR count). The van der Waals surface area contributed by atoms with Gasteiger partial charge in [-0.3, -0.25) is 4.79 Å². The smallest absolute Gasteiger partial charge is 0.332 e. The van der Waals surface area contributed by atoms with Crippen LogP contribution >= 0.6 is 0 Å². The molecule has 7 nitrogen and oxygen atoms in total. The highest BCUT2D eigenvalue weighted by atomic mass is 16.5. The fraction of sp³-hybridized carbons (Fsp3) is 0.286. The molecule has 0 radical (unpaired) electrons. The Balaban J connectivity index is 3.38. The van der Waals surface area contributed by atoms with Gasteiger partial charge in [-0.25, -0.2) is 4.79 Å². The zero-order valence-corrected chi connectivity index (χ0v) is 11.9. The van der Waals surface area contributed by atoms with Crippen molar-refractivity contribution in [2.24, 2.45) is 0 Å². The zero-order chi connectivity index (χ0) is 16.0. The molecule has 1 aromatic carbocycles. The summed E-state index contributed by atoms with van der Waals surface area (Å²) < 4.78 is 15.4. The van der Waals surface area contributed by atoms with Crippen molar-refractivity contribution in [3.05, 3.63) is 23.3 Å². The number of hydrogen-bond acceptors (Lipinski definition) is 5. The molecule has 0 spiro atoms. The maximum absolute atomic E-state index is 11.1. The molecule has 114 valence electrons. The van der Waals surface area contributed by atoms with Crippen LogP contribution in [0.3, 0.4) is 0 Å². The standard InChI is InChI=1S/C14H16O7/c1-19-10-7-12(21-3)11(20-2)5-8(10)4-9(14(17)18)6-13(15)16/h4-5,7H,6H2,1-3H3,(H,15,16)(H,17,18). The number of rotatable bonds is 7. The summed E-state index contributed by atoms with van der Waals surface area (Å²) in [5.41, 5.74) is 0.113. The van der Waals surface area contributed by atoms with Crippen molar-refractivity contribution in [3.8, 4) is 17.2 Å². The van der Waals surface area contributed by atoms with E-state index >= 15 is 0 Å². The van der Waals surface area contributed by atoms with Crippen LogP contribution in [0, 0.1) is 0 Å². The molecule has 0 unspecified atom stereocenters. The van der Waals surface area contributed by atoms with Crippen LogP contribution in [-0.2, 0) is 9.59 Å². The van der Waals surface area contributed by atoms with Crippen molar-refractivity contribution in [1.82, 2.24) is 0 Å². The van der Waals surface area contributed by atoms with Crippen LogP contribution in [0.4, 0.5) is 0 Å². The summed E-state index contributed by atoms with van der Waals surface area (Å²) in [6, 6.07) is 3.05. The molecule has 0 saturated carbocycles. The summed E-state index contributed by atoms with van der Waals surface area (Å²) in [6.45, 7) is 0. The Labute approximate surface area is 121 Å². The summed E-state index contributed by atoms with van der Waals surface area (Å²) in [7, 11) is 4.31. The molecule has 2 N–H and O–H groups in total. The molecule has 7 heteroatoms. The third kappa shape index (κ3) is 4.13. The lowest BCUT2D eigenvalue weighted by Crippen LogP contribution is -2.06. The summed E-state index contributed by atoms with van der Waals surface area (Å²) in [4.78, 5) is 21.8. The average molecular weight is 296 g/mol. The van der Waals surface area contributed by atoms with Crippen LogP contribution in [-0.4, -0.2) is 43.5 Å². The number of hydrogen-bond donors (Lipinski definition) is 2. The van der Waals surface area contributed by atoms with Gasteiger partial charge in [-0.1, -0.05) is 0 Å². The van der Waals surface area contributed by atoms with Crippen LogP contribution in [0.1, 0.15) is 12.0 Å². The molecule has 0 amide bonds. The third-order valence-corrected chi connectivity index (χ3v) is 2.68. The van der Waals surface area contributed by atoms with E-state index in [4.69, 9.17) is 24.4 Å². The van der Waals surface area contributed by atoms with Gasteiger partial charge in [-0.05, 0) is 12.1 Å². The minimum atomic E-state index is -1.31. The number of carboxylic acid groups (broad SMARTS) is 2. The van der Waals surface area contributed by atoms with E-state index in [0.717, 1.165) is 0 Å². The summed E-state index contributed by atoms with van der Waals surface area (Å²) in [5.74, 6) is -1.40. The lowest BCUT2D eigenvalue weighted by Gasteiger charge is -2.12. The van der Waals surface area contributed by atoms with Crippen LogP contribution in [0.5, 0.6) is 17.2 Å². The Bertz CT molecular complexity index is 575. The van der Waals surface area contributed by atoms with Crippen molar-refractivity contribution in [3.63, 3.8) is 0 Å². The van der Waals surface area contributed by atoms with Gasteiger partial charge in [-0.15, -0.1) is 0 Å². The highest BCUT2D eigenvalue weighted by Gasteiger charge is 2.15. The number of carbonyl (C=O) groups is 2. The first-order valence-electron chi connectivity index (χ1n) is 5.88. The first-order valence-corrected chi connectivity index (χ1v) is 5.88. The fourth-order valence-corrected chi connectivity index (χ4v) is 1.70. The minimum Gasteiger partial charge on any atom is -0.496 e. The Morgan fingerprint density at radius 1 is 1.00 bits per heavy atom. The van der Waals surface area contributed by atoms with Gasteiger partial charge in [0.25, 0.3) is 0 Å². The van der Waals surface area contributed by atoms with Crippen LogP contribution in [0.2, 0.25) is 0 Å². The lowest BCUT2D eigenvalue weighted by atomic mass is 10.1. The lowest BCUT2D eigenvalue weighted by molar-refractivity contribution is -0.139. The highest BCUT2D eigenvalue weighted by Crippen LogP contribution is 2.35. The first kappa shape index (κ1) is 16.4. The van der Waals surface area contributed by atoms with Crippen LogP contribution < -0.4 is 14.2 Å². The maximum Gasteiger partial charge on any atom is 0.332 e. The minimum absolute atomic E-state index is 0.270. The van der Waals surface area contributed by atoms with Gasteiger partial charge >= 0.3 is 11.9 Å². The summed E-state index contributed by atoms with van der Waals surface area (Å²) in [6.07, 6.45) is 0.629. The SMILES string of the molecule is COc1cc(OC)c(OC)cc1C=C(CC(=O)O)C(=O)O. The van der Waals surface area contributed by atoms with Gasteiger partial charge in [0.1, 0.15) is 5.75 Å². The van der Waals surface area contributed by atoms with E-state index in [1.807, 2.05) is 0 Å². The number of aliphatic carboxylic acids is 2. The van der Waals surface area contributed by atoms with Gasteiger partial charge in [0, 0.05) is 17.2 Å². The average Bonchev–Trinajstić information content (AvgIpc) is 2.45. The van der Waals surface area contributed by atoms with E-state index in [1.165, 1.54) is 39.5 Å². The number of carboxylic acids is 2. The van der Waals surface area contributed by atoms with E-state index in [0.29, 0.717) is 22.8 Å². The second-order valence-electron chi connectivity index (χ2n) is 3.99. The molecule has 0 saturated heterocycles. The van der Waals surface area contributed by atoms with Gasteiger partial charge in [0.2, 0.25) is 0 Å². The Hall–Kier alpha value is -2.70. The molecular weight excluding hydrogens is 280 g/mol. The van der Waals surface area contributed by atoms with Gasteiger partial charge in [0.05, 0.1) is 27.8 Å². The molecule has 0 atom stereocenters. The molecule has 0 bridgehead atoms. The van der Waals surface area contributed by atoms with Crippen molar-refractivity contribution in [1.29, 1.82) is 0 Å². The first-order chi connectivity index (χ1) is 9.92. The van der Waals surface area contributed by atoms with Gasteiger partial charge in [-0.2, -0.15) is 0 Å². The van der Waals surface area contributed by atoms with E-state index in [-0.39, 0.29) is 5.57 Å². The molecule has 0 aliphatic rings. The largest absolute Gasteiger partial charge is 0.496 e. The molecule has 0 aliphatic heterocycles. The normalized spacial score (nSPS) is 10.9. The zero-order valence-electron chi connectivity index (χ0n) is 11.9.